The van der Waals surface area contributed by atoms with Gasteiger partial charge in [0.2, 0.25) is 11.8 Å². The van der Waals surface area contributed by atoms with Crippen LogP contribution in [-0.4, -0.2) is 92.9 Å². The molecule has 2 saturated carbocycles. The van der Waals surface area contributed by atoms with Crippen LogP contribution in [0, 0.1) is 5.92 Å². The van der Waals surface area contributed by atoms with Gasteiger partial charge in [-0.15, -0.1) is 0 Å². The quantitative estimate of drug-likeness (QED) is 0.350. The number of hydrogen-bond donors (Lipinski definition) is 2. The Morgan fingerprint density at radius 3 is 2.55 bits per heavy atom. The molecule has 4 aliphatic heterocycles. The minimum atomic E-state index is -0.581. The monoisotopic (exact) mass is 663 g/mol. The lowest BCUT2D eigenvalue weighted by Gasteiger charge is -2.41. The van der Waals surface area contributed by atoms with E-state index in [2.05, 4.69) is 62.8 Å². The first-order valence-electron chi connectivity index (χ1n) is 19.1. The van der Waals surface area contributed by atoms with Crippen molar-refractivity contribution in [2.24, 2.45) is 5.92 Å². The number of fused-ring (bicyclic) bond motifs is 3. The third kappa shape index (κ3) is 5.36. The second kappa shape index (κ2) is 12.2. The number of rotatable bonds is 6. The summed E-state index contributed by atoms with van der Waals surface area (Å²) >= 11 is 0. The molecule has 2 amide bonds. The molecule has 1 atom stereocenters. The van der Waals surface area contributed by atoms with Crippen molar-refractivity contribution < 1.29 is 14.2 Å². The van der Waals surface area contributed by atoms with Crippen molar-refractivity contribution in [2.45, 2.75) is 108 Å². The molecule has 1 spiro atoms. The van der Waals surface area contributed by atoms with E-state index in [-0.39, 0.29) is 29.8 Å². The molecule has 0 unspecified atom stereocenters. The van der Waals surface area contributed by atoms with Gasteiger partial charge in [0, 0.05) is 68.7 Å². The Balaban J connectivity index is 1.07. The number of amides is 2. The zero-order chi connectivity index (χ0) is 33.3. The van der Waals surface area contributed by atoms with E-state index in [1.54, 1.807) is 0 Å². The molecule has 6 heterocycles. The molecular formula is C39H51N8O2+. The second-order valence-electron chi connectivity index (χ2n) is 15.9. The zero-order valence-corrected chi connectivity index (χ0v) is 29.2. The van der Waals surface area contributed by atoms with Crippen molar-refractivity contribution in [2.75, 3.05) is 49.5 Å². The SMILES string of the molecule is CC(C)n1cnc2cc(-c3ccc4c(c3)N(C3CC(=[N+]5CCCCC5)C3)C(=O)C43CCN(C(=O)[C@@H]4CCCNC4)CC3)nc(NC3CC3)c21. The second-order valence-corrected chi connectivity index (χ2v) is 15.9. The Morgan fingerprint density at radius 1 is 1.04 bits per heavy atom. The highest BCUT2D eigenvalue weighted by Crippen LogP contribution is 2.51. The number of hydrogen-bond acceptors (Lipinski definition) is 6. The Labute approximate surface area is 289 Å². The molecule has 2 aromatic heterocycles. The highest BCUT2D eigenvalue weighted by Gasteiger charge is 2.56. The van der Waals surface area contributed by atoms with Crippen molar-refractivity contribution in [3.8, 4) is 11.3 Å². The lowest BCUT2D eigenvalue weighted by molar-refractivity contribution is -0.541. The predicted molar refractivity (Wildman–Crippen MR) is 192 cm³/mol. The number of piperidine rings is 3. The van der Waals surface area contributed by atoms with Crippen LogP contribution in [0.1, 0.15) is 96.1 Å². The standard InChI is InChI=1S/C39H51N8O2/c1-25(2)46-24-41-33-22-32(43-36(35(33)46)42-28-9-10-28)26-8-11-31-34(19-26)47(30-20-29(21-30)44-15-4-3-5-16-44)38(49)39(31)12-17-45(18-13-39)37(48)27-7-6-14-40-23-27/h8,11,19,22,24-25,27-28,30,40H,3-7,9-10,12-18,20-21,23H2,1-2H3,(H,42,43)/q+1/t27-/m1/s1. The first-order valence-corrected chi connectivity index (χ1v) is 19.1. The van der Waals surface area contributed by atoms with Gasteiger partial charge in [-0.25, -0.2) is 14.5 Å². The maximum Gasteiger partial charge on any atom is 0.238 e. The lowest BCUT2D eigenvalue weighted by Crippen LogP contribution is -2.56. The minimum Gasteiger partial charge on any atom is -0.366 e. The summed E-state index contributed by atoms with van der Waals surface area (Å²) in [5.74, 6) is 1.46. The van der Waals surface area contributed by atoms with Gasteiger partial charge in [0.1, 0.15) is 18.6 Å². The number of carbonyl (C=O) groups is 2. The van der Waals surface area contributed by atoms with Gasteiger partial charge in [-0.05, 0) is 83.0 Å². The number of nitrogens with zero attached hydrogens (tertiary/aromatic N) is 6. The molecule has 6 aliphatic rings. The van der Waals surface area contributed by atoms with Crippen molar-refractivity contribution in [3.63, 3.8) is 0 Å². The van der Waals surface area contributed by atoms with Gasteiger partial charge >= 0.3 is 0 Å². The smallest absolute Gasteiger partial charge is 0.238 e. The molecule has 3 saturated heterocycles. The van der Waals surface area contributed by atoms with Gasteiger partial charge in [0.25, 0.3) is 0 Å². The predicted octanol–water partition coefficient (Wildman–Crippen LogP) is 5.26. The van der Waals surface area contributed by atoms with E-state index >= 15 is 0 Å². The number of carbonyl (C=O) groups excluding carboxylic acids is 2. The number of nitrogens with one attached hydrogen (secondary N) is 2. The first kappa shape index (κ1) is 31.2. The van der Waals surface area contributed by atoms with E-state index in [4.69, 9.17) is 9.97 Å². The fourth-order valence-electron chi connectivity index (χ4n) is 9.28. The highest BCUT2D eigenvalue weighted by molar-refractivity contribution is 6.11. The van der Waals surface area contributed by atoms with E-state index in [1.165, 1.54) is 37.8 Å². The summed E-state index contributed by atoms with van der Waals surface area (Å²) in [6.45, 7) is 9.71. The molecular weight excluding hydrogens is 612 g/mol. The molecule has 258 valence electrons. The zero-order valence-electron chi connectivity index (χ0n) is 29.2. The van der Waals surface area contributed by atoms with Crippen LogP contribution in [0.3, 0.4) is 0 Å². The molecule has 5 fully saturated rings. The van der Waals surface area contributed by atoms with E-state index in [9.17, 15) is 9.59 Å². The van der Waals surface area contributed by atoms with Crippen LogP contribution in [-0.2, 0) is 15.0 Å². The summed E-state index contributed by atoms with van der Waals surface area (Å²) in [5, 5.41) is 7.10. The van der Waals surface area contributed by atoms with E-state index in [1.807, 2.05) is 11.2 Å². The number of likely N-dealkylation sites (tertiary alicyclic amines) is 1. The number of anilines is 2. The molecule has 10 nitrogen and oxygen atoms in total. The van der Waals surface area contributed by atoms with E-state index < -0.39 is 5.41 Å². The van der Waals surface area contributed by atoms with Gasteiger partial charge in [-0.3, -0.25) is 9.59 Å². The summed E-state index contributed by atoms with van der Waals surface area (Å²) in [6.07, 6.45) is 13.4. The van der Waals surface area contributed by atoms with Crippen LogP contribution in [0.4, 0.5) is 11.5 Å². The van der Waals surface area contributed by atoms with Crippen LogP contribution in [0.25, 0.3) is 22.3 Å². The lowest BCUT2D eigenvalue weighted by atomic mass is 9.73. The molecule has 10 heteroatoms. The van der Waals surface area contributed by atoms with E-state index in [0.717, 1.165) is 91.2 Å². The van der Waals surface area contributed by atoms with Crippen LogP contribution in [0.5, 0.6) is 0 Å². The van der Waals surface area contributed by atoms with Crippen molar-refractivity contribution >= 4 is 40.1 Å². The Kier molecular flexibility index (Phi) is 7.78. The van der Waals surface area contributed by atoms with Gasteiger partial charge in [-0.1, -0.05) is 12.1 Å². The molecule has 3 aromatic rings. The summed E-state index contributed by atoms with van der Waals surface area (Å²) in [7, 11) is 0. The van der Waals surface area contributed by atoms with Gasteiger partial charge in [0.05, 0.1) is 34.9 Å². The van der Waals surface area contributed by atoms with Crippen molar-refractivity contribution in [1.29, 1.82) is 0 Å². The van der Waals surface area contributed by atoms with Crippen LogP contribution in [0.15, 0.2) is 30.6 Å². The van der Waals surface area contributed by atoms with Crippen LogP contribution in [0.2, 0.25) is 0 Å². The Hall–Kier alpha value is -3.79. The summed E-state index contributed by atoms with van der Waals surface area (Å²) < 4.78 is 4.79. The van der Waals surface area contributed by atoms with Crippen LogP contribution < -0.4 is 15.5 Å². The average molecular weight is 664 g/mol. The van der Waals surface area contributed by atoms with Crippen LogP contribution >= 0.6 is 0 Å². The summed E-state index contributed by atoms with van der Waals surface area (Å²) in [4.78, 5) is 42.6. The fraction of sp³-hybridized carbons (Fsp3) is 0.615. The minimum absolute atomic E-state index is 0.0585. The third-order valence-corrected chi connectivity index (χ3v) is 12.4. The van der Waals surface area contributed by atoms with E-state index in [0.29, 0.717) is 32.0 Å². The summed E-state index contributed by atoms with van der Waals surface area (Å²) in [6, 6.07) is 9.65. The first-order chi connectivity index (χ1) is 23.9. The molecule has 1 aromatic carbocycles. The maximum absolute atomic E-state index is 14.9. The number of imidazole rings is 1. The number of benzene rings is 1. The molecule has 0 bridgehead atoms. The largest absolute Gasteiger partial charge is 0.366 e. The van der Waals surface area contributed by atoms with Gasteiger partial charge < -0.3 is 25.0 Å². The van der Waals surface area contributed by atoms with Crippen molar-refractivity contribution in [3.05, 3.63) is 36.2 Å². The number of pyridine rings is 1. The number of aromatic nitrogens is 3. The molecule has 9 rings (SSSR count). The highest BCUT2D eigenvalue weighted by atomic mass is 16.2. The molecule has 2 N–H and O–H groups in total. The topological polar surface area (TPSA) is 98.4 Å². The van der Waals surface area contributed by atoms with Gasteiger partial charge in [-0.2, -0.15) is 0 Å². The Bertz CT molecular complexity index is 1810. The summed E-state index contributed by atoms with van der Waals surface area (Å²) in [5.41, 5.74) is 7.03. The Morgan fingerprint density at radius 2 is 1.84 bits per heavy atom. The van der Waals surface area contributed by atoms with Crippen molar-refractivity contribution in [1.82, 2.24) is 24.8 Å². The molecule has 0 radical (unpaired) electrons. The fourth-order valence-corrected chi connectivity index (χ4v) is 9.28. The van der Waals surface area contributed by atoms with Gasteiger partial charge in [0.15, 0.2) is 11.5 Å². The third-order valence-electron chi connectivity index (χ3n) is 12.4. The molecule has 49 heavy (non-hydrogen) atoms. The normalized spacial score (nSPS) is 25.3. The maximum atomic E-state index is 14.9. The average Bonchev–Trinajstić information content (AvgIpc) is 3.77. The molecule has 2 aliphatic carbocycles.